The van der Waals surface area contributed by atoms with E-state index in [1.165, 1.54) is 28.2 Å². The van der Waals surface area contributed by atoms with E-state index >= 15 is 0 Å². The van der Waals surface area contributed by atoms with Gasteiger partial charge in [-0.2, -0.15) is 0 Å². The predicted molar refractivity (Wildman–Crippen MR) is 77.0 cm³/mol. The van der Waals surface area contributed by atoms with E-state index in [1.54, 1.807) is 11.0 Å². The smallest absolute Gasteiger partial charge is 0.235 e. The Balaban J connectivity index is 1.78. The highest BCUT2D eigenvalue weighted by molar-refractivity contribution is 8.02. The molecule has 1 fully saturated rings. The van der Waals surface area contributed by atoms with Gasteiger partial charge in [-0.3, -0.25) is 4.79 Å². The number of β-lactam (4-membered cyclic amide) rings is 1. The Morgan fingerprint density at radius 3 is 3.00 bits per heavy atom. The third-order valence-electron chi connectivity index (χ3n) is 3.89. The molecule has 2 aliphatic heterocycles. The largest absolute Gasteiger partial charge is 0.543 e. The fourth-order valence-electron chi connectivity index (χ4n) is 2.94. The number of carbonyl (C=O) groups is 2. The first-order chi connectivity index (χ1) is 10.4. The van der Waals surface area contributed by atoms with E-state index in [2.05, 4.69) is 5.10 Å². The summed E-state index contributed by atoms with van der Waals surface area (Å²) in [6.07, 6.45) is -0.329. The van der Waals surface area contributed by atoms with Crippen LogP contribution in [0.25, 0.3) is 0 Å². The van der Waals surface area contributed by atoms with E-state index < -0.39 is 18.0 Å². The second kappa shape index (κ2) is 5.64. The van der Waals surface area contributed by atoms with Crippen molar-refractivity contribution in [1.29, 1.82) is 0 Å². The number of rotatable bonds is 5. The van der Waals surface area contributed by atoms with Gasteiger partial charge in [0.25, 0.3) is 0 Å². The van der Waals surface area contributed by atoms with Crippen LogP contribution >= 0.6 is 23.3 Å². The number of aromatic nitrogens is 2. The molecule has 0 radical (unpaired) electrons. The van der Waals surface area contributed by atoms with Crippen LogP contribution in [-0.4, -0.2) is 39.1 Å². The predicted octanol–water partition coefficient (Wildman–Crippen LogP) is -1.23. The van der Waals surface area contributed by atoms with Gasteiger partial charge >= 0.3 is 0 Å². The topological polar surface area (TPSA) is 97.4 Å². The fourth-order valence-corrected chi connectivity index (χ4v) is 4.67. The van der Waals surface area contributed by atoms with E-state index in [4.69, 9.17) is 0 Å². The molecule has 1 aromatic heterocycles. The Kier molecular flexibility index (Phi) is 3.96. The number of hydrogen-bond donors (Lipinski definition) is 1. The van der Waals surface area contributed by atoms with Crippen LogP contribution in [0.1, 0.15) is 19.0 Å². The van der Waals surface area contributed by atoms with Gasteiger partial charge < -0.3 is 19.9 Å². The Hall–Kier alpha value is -1.45. The van der Waals surface area contributed by atoms with Gasteiger partial charge in [0.1, 0.15) is 5.69 Å². The lowest BCUT2D eigenvalue weighted by Crippen LogP contribution is -2.62. The summed E-state index contributed by atoms with van der Waals surface area (Å²) >= 11 is 2.83. The van der Waals surface area contributed by atoms with Crippen molar-refractivity contribution >= 4 is 35.2 Å². The number of aliphatic hydroxyl groups excluding tert-OH is 1. The number of fused-ring (bicyclic) bond motifs is 1. The molecule has 118 valence electrons. The van der Waals surface area contributed by atoms with E-state index in [-0.39, 0.29) is 17.6 Å². The van der Waals surface area contributed by atoms with E-state index in [1.807, 2.05) is 12.4 Å². The number of carbonyl (C=O) groups excluding carboxylic acids is 2. The molecule has 1 aromatic rings. The highest BCUT2D eigenvalue weighted by Gasteiger charge is 2.55. The molecule has 1 amide bonds. The lowest BCUT2D eigenvalue weighted by molar-refractivity contribution is -0.663. The first kappa shape index (κ1) is 15.4. The third-order valence-corrected chi connectivity index (χ3v) is 5.80. The molecule has 3 rings (SSSR count). The summed E-state index contributed by atoms with van der Waals surface area (Å²) < 4.78 is 1.72. The van der Waals surface area contributed by atoms with E-state index in [9.17, 15) is 19.8 Å². The maximum Gasteiger partial charge on any atom is 0.235 e. The van der Waals surface area contributed by atoms with E-state index in [0.717, 1.165) is 5.69 Å². The molecule has 0 unspecified atom stereocenters. The number of aryl methyl sites for hydroxylation is 1. The number of hydrogen-bond acceptors (Lipinski definition) is 7. The summed E-state index contributed by atoms with van der Waals surface area (Å²) in [6, 6.07) is -0.269. The molecule has 0 bridgehead atoms. The quantitative estimate of drug-likeness (QED) is 0.532. The average Bonchev–Trinajstić information content (AvgIpc) is 2.97. The third kappa shape index (κ3) is 2.42. The standard InChI is InChI=1S/C13H15N3O4S2/c1-6(17)10-8-3-9(11(13(19)20)16(8)12(10)18)21-4-7-5-22-15(2)14-7/h5-6,8,10,17H,3-4H2,1-2H3/t6-,8-,10-/m1/s1. The van der Waals surface area contributed by atoms with Crippen LogP contribution in [0.4, 0.5) is 0 Å². The molecule has 9 heteroatoms. The number of aliphatic hydroxyl groups is 1. The molecule has 3 atom stereocenters. The first-order valence-corrected chi connectivity index (χ1v) is 8.62. The Bertz CT molecular complexity index is 670. The Morgan fingerprint density at radius 1 is 1.73 bits per heavy atom. The van der Waals surface area contributed by atoms with Crippen molar-refractivity contribution in [3.05, 3.63) is 21.7 Å². The highest BCUT2D eigenvalue weighted by atomic mass is 32.2. The maximum absolute atomic E-state index is 12.0. The number of carboxylic acid groups (broad SMARTS) is 1. The lowest BCUT2D eigenvalue weighted by atomic mass is 9.83. The summed E-state index contributed by atoms with van der Waals surface area (Å²) in [5.41, 5.74) is 0.812. The van der Waals surface area contributed by atoms with Crippen LogP contribution in [0.2, 0.25) is 0 Å². The van der Waals surface area contributed by atoms with Crippen LogP contribution in [0.3, 0.4) is 0 Å². The molecule has 1 N–H and O–H groups in total. The minimum absolute atomic E-state index is 0.0449. The van der Waals surface area contributed by atoms with Crippen LogP contribution in [0.15, 0.2) is 16.0 Å². The SMILES string of the molecule is C[C@@H](O)[C@H]1C(=O)N2C(C(=O)[O-])=C(SCc3cs[n+](C)n3)C[C@H]12. The van der Waals surface area contributed by atoms with Crippen LogP contribution < -0.4 is 9.18 Å². The van der Waals surface area contributed by atoms with Crippen molar-refractivity contribution in [3.8, 4) is 0 Å². The molecule has 0 aliphatic carbocycles. The summed E-state index contributed by atoms with van der Waals surface area (Å²) in [4.78, 5) is 25.3. The van der Waals surface area contributed by atoms with Gasteiger partial charge in [0.05, 0.1) is 35.1 Å². The van der Waals surface area contributed by atoms with Gasteiger partial charge in [0.2, 0.25) is 5.91 Å². The van der Waals surface area contributed by atoms with Crippen molar-refractivity contribution in [3.63, 3.8) is 0 Å². The second-order valence-corrected chi connectivity index (χ2v) is 7.42. The van der Waals surface area contributed by atoms with Gasteiger partial charge in [-0.1, -0.05) is 0 Å². The first-order valence-electron chi connectivity index (χ1n) is 6.79. The van der Waals surface area contributed by atoms with Gasteiger partial charge in [-0.05, 0) is 11.0 Å². The normalized spacial score (nSPS) is 25.2. The van der Waals surface area contributed by atoms with Crippen molar-refractivity contribution in [2.45, 2.75) is 31.2 Å². The monoisotopic (exact) mass is 341 g/mol. The second-order valence-electron chi connectivity index (χ2n) is 5.37. The molecule has 7 nitrogen and oxygen atoms in total. The fraction of sp³-hybridized carbons (Fsp3) is 0.538. The summed E-state index contributed by atoms with van der Waals surface area (Å²) in [7, 11) is 1.83. The zero-order valence-electron chi connectivity index (χ0n) is 12.1. The zero-order valence-corrected chi connectivity index (χ0v) is 13.7. The number of amides is 1. The molecule has 2 aliphatic rings. The molecule has 1 saturated heterocycles. The van der Waals surface area contributed by atoms with Gasteiger partial charge in [0.15, 0.2) is 18.6 Å². The van der Waals surface area contributed by atoms with Crippen molar-refractivity contribution in [2.24, 2.45) is 13.0 Å². The minimum atomic E-state index is -1.34. The zero-order chi connectivity index (χ0) is 16.0. The number of thioether (sulfide) groups is 1. The van der Waals surface area contributed by atoms with Gasteiger partial charge in [0, 0.05) is 22.2 Å². The Morgan fingerprint density at radius 2 is 2.45 bits per heavy atom. The summed E-state index contributed by atoms with van der Waals surface area (Å²) in [5.74, 6) is -1.66. The van der Waals surface area contributed by atoms with Crippen molar-refractivity contribution in [1.82, 2.24) is 10.00 Å². The molecule has 0 aromatic carbocycles. The summed E-state index contributed by atoms with van der Waals surface area (Å²) in [6.45, 7) is 1.55. The van der Waals surface area contributed by atoms with Crippen molar-refractivity contribution in [2.75, 3.05) is 0 Å². The lowest BCUT2D eigenvalue weighted by Gasteiger charge is -2.45. The van der Waals surface area contributed by atoms with Crippen molar-refractivity contribution < 1.29 is 23.9 Å². The minimum Gasteiger partial charge on any atom is -0.543 e. The van der Waals surface area contributed by atoms with Gasteiger partial charge in [-0.25, -0.2) is 0 Å². The number of nitrogens with zero attached hydrogens (tertiary/aromatic N) is 3. The summed E-state index contributed by atoms with van der Waals surface area (Å²) in [5, 5.41) is 27.2. The van der Waals surface area contributed by atoms with E-state index in [0.29, 0.717) is 17.1 Å². The van der Waals surface area contributed by atoms with Crippen LogP contribution in [0, 0.1) is 5.92 Å². The van der Waals surface area contributed by atoms with Crippen LogP contribution in [-0.2, 0) is 22.4 Å². The molecular formula is C13H15N3O4S2. The average molecular weight is 341 g/mol. The molecule has 3 heterocycles. The highest BCUT2D eigenvalue weighted by Crippen LogP contribution is 2.47. The Labute approximate surface area is 135 Å². The molecule has 0 spiro atoms. The van der Waals surface area contributed by atoms with Gasteiger partial charge in [-0.15, -0.1) is 11.8 Å². The number of aliphatic carboxylic acids is 1. The maximum atomic E-state index is 12.0. The molecular weight excluding hydrogens is 326 g/mol. The molecule has 22 heavy (non-hydrogen) atoms. The van der Waals surface area contributed by atoms with Crippen LogP contribution in [0.5, 0.6) is 0 Å². The number of carboxylic acids is 1. The molecule has 0 saturated carbocycles.